The molecule has 1 atom stereocenters. The lowest BCUT2D eigenvalue weighted by molar-refractivity contribution is -0.133. The lowest BCUT2D eigenvalue weighted by atomic mass is 10.0. The fourth-order valence-electron chi connectivity index (χ4n) is 4.11. The molecule has 1 aromatic heterocycles. The lowest BCUT2D eigenvalue weighted by Gasteiger charge is -2.29. The molecule has 32 heavy (non-hydrogen) atoms. The van der Waals surface area contributed by atoms with Gasteiger partial charge in [-0.2, -0.15) is 9.98 Å². The van der Waals surface area contributed by atoms with Gasteiger partial charge in [0.15, 0.2) is 0 Å². The van der Waals surface area contributed by atoms with E-state index in [4.69, 9.17) is 5.26 Å². The van der Waals surface area contributed by atoms with Crippen LogP contribution in [0, 0.1) is 11.3 Å². The molecule has 9 heteroatoms. The van der Waals surface area contributed by atoms with Crippen LogP contribution in [0.1, 0.15) is 36.8 Å². The molecule has 1 heterocycles. The van der Waals surface area contributed by atoms with Crippen molar-refractivity contribution < 1.29 is 13.2 Å². The third-order valence-electron chi connectivity index (χ3n) is 5.95. The maximum atomic E-state index is 13.4. The summed E-state index contributed by atoms with van der Waals surface area (Å²) in [6.07, 6.45) is 4.20. The van der Waals surface area contributed by atoms with Crippen LogP contribution in [0.25, 0.3) is 10.2 Å². The Hall–Kier alpha value is -2.80. The molecule has 1 aliphatic carbocycles. The molecule has 1 aliphatic rings. The molecule has 0 saturated heterocycles. The third kappa shape index (κ3) is 4.83. The molecule has 0 unspecified atom stereocenters. The first-order chi connectivity index (χ1) is 15.4. The largest absolute Gasteiger partial charge is 0.341 e. The molecule has 4 rings (SSSR count). The fraction of sp³-hybridized carbons (Fsp3) is 0.348. The van der Waals surface area contributed by atoms with Crippen molar-refractivity contribution in [2.75, 3.05) is 7.05 Å². The summed E-state index contributed by atoms with van der Waals surface area (Å²) < 4.78 is 29.9. The minimum atomic E-state index is -3.95. The van der Waals surface area contributed by atoms with Crippen molar-refractivity contribution >= 4 is 37.5 Å². The first-order valence-electron chi connectivity index (χ1n) is 10.5. The third-order valence-corrected chi connectivity index (χ3v) is 8.23. The number of hydrogen-bond acceptors (Lipinski definition) is 6. The number of nitrogens with one attached hydrogen (secondary N) is 1. The normalized spacial score (nSPS) is 15.5. The summed E-state index contributed by atoms with van der Waals surface area (Å²) in [5, 5.41) is 9.02. The minimum absolute atomic E-state index is 0.0806. The van der Waals surface area contributed by atoms with Crippen molar-refractivity contribution in [2.24, 2.45) is 0 Å². The molecule has 1 N–H and O–H groups in total. The van der Waals surface area contributed by atoms with Crippen LogP contribution in [0.15, 0.2) is 52.9 Å². The number of amides is 1. The number of benzene rings is 2. The number of hydrogen-bond donors (Lipinski definition) is 1. The van der Waals surface area contributed by atoms with E-state index in [2.05, 4.69) is 15.8 Å². The van der Waals surface area contributed by atoms with Crippen molar-refractivity contribution in [3.05, 3.63) is 59.1 Å². The summed E-state index contributed by atoms with van der Waals surface area (Å²) in [6, 6.07) is 12.9. The van der Waals surface area contributed by atoms with E-state index in [-0.39, 0.29) is 23.3 Å². The van der Waals surface area contributed by atoms with E-state index in [1.807, 2.05) is 0 Å². The average Bonchev–Trinajstić information content (AvgIpc) is 3.49. The van der Waals surface area contributed by atoms with E-state index in [0.717, 1.165) is 35.9 Å². The number of rotatable bonds is 7. The second kappa shape index (κ2) is 9.36. The molecule has 3 aromatic rings. The number of aromatic nitrogens is 1. The number of likely N-dealkylation sites (N-methyl/N-ethyl adjacent to an activating group) is 1. The smallest absolute Gasteiger partial charge is 0.241 e. The molecule has 0 bridgehead atoms. The molecule has 7 nitrogen and oxygen atoms in total. The molecule has 2 aromatic carbocycles. The van der Waals surface area contributed by atoms with E-state index < -0.39 is 16.1 Å². The standard InChI is InChI=1S/C23H24N4O3S2/c1-27(18-4-2-3-5-18)23(28)21(12-16-6-8-17(14-24)9-7-16)26-32(29,30)19-10-11-22-20(13-19)25-15-31-22/h6-11,13,15,18,21,26H,2-5,12H2,1H3/t21-/m0/s1. The Morgan fingerprint density at radius 1 is 1.25 bits per heavy atom. The Bertz CT molecular complexity index is 1260. The van der Waals surface area contributed by atoms with Crippen LogP contribution in [0.5, 0.6) is 0 Å². The zero-order valence-corrected chi connectivity index (χ0v) is 19.3. The molecule has 0 spiro atoms. The Morgan fingerprint density at radius 3 is 2.66 bits per heavy atom. The molecule has 0 aliphatic heterocycles. The van der Waals surface area contributed by atoms with Gasteiger partial charge < -0.3 is 4.90 Å². The summed E-state index contributed by atoms with van der Waals surface area (Å²) in [4.78, 5) is 19.3. The number of carbonyl (C=O) groups excluding carboxylic acids is 1. The van der Waals surface area contributed by atoms with Crippen molar-refractivity contribution in [1.29, 1.82) is 5.26 Å². The van der Waals surface area contributed by atoms with E-state index in [9.17, 15) is 13.2 Å². The van der Waals surface area contributed by atoms with Crippen molar-refractivity contribution in [3.8, 4) is 6.07 Å². The van der Waals surface area contributed by atoms with Gasteiger partial charge in [-0.15, -0.1) is 11.3 Å². The van der Waals surface area contributed by atoms with Crippen LogP contribution in [0.3, 0.4) is 0 Å². The second-order valence-electron chi connectivity index (χ2n) is 8.06. The monoisotopic (exact) mass is 468 g/mol. The topological polar surface area (TPSA) is 103 Å². The first-order valence-corrected chi connectivity index (χ1v) is 12.8. The van der Waals surface area contributed by atoms with E-state index in [1.54, 1.807) is 47.8 Å². The molecule has 1 fully saturated rings. The highest BCUT2D eigenvalue weighted by molar-refractivity contribution is 7.89. The van der Waals surface area contributed by atoms with Gasteiger partial charge in [-0.3, -0.25) is 4.79 Å². The van der Waals surface area contributed by atoms with Gasteiger partial charge in [0, 0.05) is 13.1 Å². The minimum Gasteiger partial charge on any atom is -0.341 e. The van der Waals surface area contributed by atoms with Gasteiger partial charge in [0.1, 0.15) is 6.04 Å². The van der Waals surface area contributed by atoms with Gasteiger partial charge in [0.25, 0.3) is 0 Å². The Kier molecular flexibility index (Phi) is 6.55. The highest BCUT2D eigenvalue weighted by Gasteiger charge is 2.32. The quantitative estimate of drug-likeness (QED) is 0.572. The summed E-state index contributed by atoms with van der Waals surface area (Å²) in [5.74, 6) is -0.250. The number of nitriles is 1. The van der Waals surface area contributed by atoms with Crippen LogP contribution < -0.4 is 4.72 Å². The SMILES string of the molecule is CN(C(=O)[C@H](Cc1ccc(C#N)cc1)NS(=O)(=O)c1ccc2scnc2c1)C1CCCC1. The number of nitrogens with zero attached hydrogens (tertiary/aromatic N) is 3. The van der Waals surface area contributed by atoms with Crippen LogP contribution in [0.4, 0.5) is 0 Å². The lowest BCUT2D eigenvalue weighted by Crippen LogP contribution is -2.50. The maximum Gasteiger partial charge on any atom is 0.241 e. The van der Waals surface area contributed by atoms with Gasteiger partial charge >= 0.3 is 0 Å². The Balaban J connectivity index is 1.62. The molecular formula is C23H24N4O3S2. The fourth-order valence-corrected chi connectivity index (χ4v) is 5.98. The average molecular weight is 469 g/mol. The number of thiazole rings is 1. The number of sulfonamides is 1. The summed E-state index contributed by atoms with van der Waals surface area (Å²) in [7, 11) is -2.20. The van der Waals surface area contributed by atoms with Gasteiger partial charge in [-0.05, 0) is 55.2 Å². The Labute approximate surface area is 191 Å². The van der Waals surface area contributed by atoms with Gasteiger partial charge in [-0.25, -0.2) is 13.4 Å². The molecule has 0 radical (unpaired) electrons. The molecule has 166 valence electrons. The summed E-state index contributed by atoms with van der Waals surface area (Å²) in [6.45, 7) is 0. The van der Waals surface area contributed by atoms with Gasteiger partial charge in [-0.1, -0.05) is 25.0 Å². The highest BCUT2D eigenvalue weighted by Crippen LogP contribution is 2.25. The van der Waals surface area contributed by atoms with Crippen molar-refractivity contribution in [1.82, 2.24) is 14.6 Å². The zero-order chi connectivity index (χ0) is 22.7. The second-order valence-corrected chi connectivity index (χ2v) is 10.7. The van der Waals surface area contributed by atoms with Crippen LogP contribution in [0.2, 0.25) is 0 Å². The zero-order valence-electron chi connectivity index (χ0n) is 17.7. The predicted octanol–water partition coefficient (Wildman–Crippen LogP) is 3.46. The van der Waals surface area contributed by atoms with Gasteiger partial charge in [0.05, 0.1) is 32.3 Å². The molecular weight excluding hydrogens is 444 g/mol. The Morgan fingerprint density at radius 2 is 1.97 bits per heavy atom. The van der Waals surface area contributed by atoms with Crippen LogP contribution >= 0.6 is 11.3 Å². The van der Waals surface area contributed by atoms with E-state index >= 15 is 0 Å². The molecule has 1 amide bonds. The van der Waals surface area contributed by atoms with Crippen LogP contribution in [-0.4, -0.2) is 43.3 Å². The predicted molar refractivity (Wildman–Crippen MR) is 124 cm³/mol. The van der Waals surface area contributed by atoms with E-state index in [0.29, 0.717) is 11.1 Å². The van der Waals surface area contributed by atoms with Crippen LogP contribution in [-0.2, 0) is 21.2 Å². The summed E-state index contributed by atoms with van der Waals surface area (Å²) >= 11 is 1.44. The first kappa shape index (κ1) is 22.4. The summed E-state index contributed by atoms with van der Waals surface area (Å²) in [5.41, 5.74) is 3.56. The van der Waals surface area contributed by atoms with Crippen molar-refractivity contribution in [2.45, 2.75) is 49.1 Å². The van der Waals surface area contributed by atoms with E-state index in [1.165, 1.54) is 23.5 Å². The number of fused-ring (bicyclic) bond motifs is 1. The molecule has 1 saturated carbocycles. The van der Waals surface area contributed by atoms with Crippen molar-refractivity contribution in [3.63, 3.8) is 0 Å². The van der Waals surface area contributed by atoms with Gasteiger partial charge in [0.2, 0.25) is 15.9 Å². The maximum absolute atomic E-state index is 13.4. The highest BCUT2D eigenvalue weighted by atomic mass is 32.2. The number of carbonyl (C=O) groups is 1.